The summed E-state index contributed by atoms with van der Waals surface area (Å²) in [7, 11) is 0. The number of allylic oxidation sites excluding steroid dienone is 1. The maximum absolute atomic E-state index is 14.5. The van der Waals surface area contributed by atoms with Crippen LogP contribution in [0.5, 0.6) is 0 Å². The van der Waals surface area contributed by atoms with E-state index < -0.39 is 35.0 Å². The monoisotopic (exact) mass is 566 g/mol. The number of aliphatic hydroxyl groups excluding tert-OH is 1. The molecule has 2 bridgehead atoms. The molecule has 5 atom stereocenters. The molecule has 2 unspecified atom stereocenters. The zero-order valence-corrected chi connectivity index (χ0v) is 24.5. The Morgan fingerprint density at radius 1 is 1.12 bits per heavy atom. The number of rotatable bonds is 17. The molecule has 8 heteroatoms. The smallest absolute Gasteiger partial charge is 0.312 e. The maximum atomic E-state index is 14.5. The zero-order chi connectivity index (χ0) is 29.5. The van der Waals surface area contributed by atoms with E-state index in [0.717, 1.165) is 31.2 Å². The Hall–Kier alpha value is -2.97. The summed E-state index contributed by atoms with van der Waals surface area (Å²) in [4.78, 5) is 45.8. The van der Waals surface area contributed by atoms with Crippen LogP contribution in [-0.2, 0) is 30.4 Å². The molecule has 8 nitrogen and oxygen atoms in total. The predicted octanol–water partition coefficient (Wildman–Crippen LogP) is 4.42. The lowest BCUT2D eigenvalue weighted by Gasteiger charge is -2.37. The van der Waals surface area contributed by atoms with Gasteiger partial charge >= 0.3 is 5.97 Å². The highest BCUT2D eigenvalue weighted by atomic mass is 16.6. The SMILES string of the molecule is C=CCCCCOC(=O)[C@@H]1[C@H]2C(=O)N(CCCCCO)C(C(=O)N(CC=C)Cc3ccccc3)C23CC[C@@]1(CC)O3. The van der Waals surface area contributed by atoms with Crippen molar-refractivity contribution >= 4 is 17.8 Å². The van der Waals surface area contributed by atoms with Crippen LogP contribution in [0.1, 0.15) is 70.3 Å². The van der Waals surface area contributed by atoms with Gasteiger partial charge in [-0.1, -0.05) is 49.4 Å². The summed E-state index contributed by atoms with van der Waals surface area (Å²) in [5.74, 6) is -2.28. The topological polar surface area (TPSA) is 96.4 Å². The predicted molar refractivity (Wildman–Crippen MR) is 157 cm³/mol. The van der Waals surface area contributed by atoms with E-state index in [1.165, 1.54) is 0 Å². The van der Waals surface area contributed by atoms with Crippen molar-refractivity contribution in [2.75, 3.05) is 26.3 Å². The number of unbranched alkanes of at least 4 members (excludes halogenated alkanes) is 4. The van der Waals surface area contributed by atoms with Crippen LogP contribution in [0.15, 0.2) is 55.6 Å². The summed E-state index contributed by atoms with van der Waals surface area (Å²) >= 11 is 0. The minimum absolute atomic E-state index is 0.0793. The highest BCUT2D eigenvalue weighted by Gasteiger charge is 2.79. The quantitative estimate of drug-likeness (QED) is 0.170. The number of hydrogen-bond acceptors (Lipinski definition) is 6. The van der Waals surface area contributed by atoms with E-state index in [0.29, 0.717) is 51.7 Å². The highest BCUT2D eigenvalue weighted by Crippen LogP contribution is 2.64. The van der Waals surface area contributed by atoms with Gasteiger partial charge in [0.1, 0.15) is 17.6 Å². The van der Waals surface area contributed by atoms with Gasteiger partial charge in [0, 0.05) is 26.2 Å². The van der Waals surface area contributed by atoms with Crippen LogP contribution < -0.4 is 0 Å². The maximum Gasteiger partial charge on any atom is 0.312 e. The number of benzene rings is 1. The van der Waals surface area contributed by atoms with Gasteiger partial charge in [-0.2, -0.15) is 0 Å². The van der Waals surface area contributed by atoms with Crippen molar-refractivity contribution in [1.82, 2.24) is 9.80 Å². The normalized spacial score (nSPS) is 28.0. The van der Waals surface area contributed by atoms with E-state index in [9.17, 15) is 19.5 Å². The lowest BCUT2D eigenvalue weighted by molar-refractivity contribution is -0.162. The van der Waals surface area contributed by atoms with Gasteiger partial charge in [-0.05, 0) is 63.4 Å². The summed E-state index contributed by atoms with van der Waals surface area (Å²) in [5.41, 5.74) is -0.915. The molecule has 0 aromatic heterocycles. The third-order valence-corrected chi connectivity index (χ3v) is 9.15. The van der Waals surface area contributed by atoms with Crippen LogP contribution in [0.2, 0.25) is 0 Å². The van der Waals surface area contributed by atoms with Crippen molar-refractivity contribution in [2.45, 2.75) is 88.5 Å². The van der Waals surface area contributed by atoms with Crippen molar-refractivity contribution < 1.29 is 29.0 Å². The first-order valence-electron chi connectivity index (χ1n) is 15.2. The van der Waals surface area contributed by atoms with Crippen molar-refractivity contribution in [3.63, 3.8) is 0 Å². The molecule has 2 amide bonds. The number of nitrogens with zero attached hydrogens (tertiary/aromatic N) is 2. The van der Waals surface area contributed by atoms with E-state index in [-0.39, 0.29) is 25.0 Å². The Balaban J connectivity index is 1.66. The third kappa shape index (κ3) is 6.00. The molecule has 0 aliphatic carbocycles. The number of carbonyl (C=O) groups excluding carboxylic acids is 3. The van der Waals surface area contributed by atoms with Crippen LogP contribution in [0.25, 0.3) is 0 Å². The first-order chi connectivity index (χ1) is 19.9. The molecule has 1 aromatic rings. The Morgan fingerprint density at radius 3 is 2.59 bits per heavy atom. The molecule has 4 rings (SSSR count). The van der Waals surface area contributed by atoms with Gasteiger partial charge in [0.15, 0.2) is 0 Å². The van der Waals surface area contributed by atoms with Crippen LogP contribution in [-0.4, -0.2) is 76.2 Å². The molecule has 0 saturated carbocycles. The van der Waals surface area contributed by atoms with E-state index in [2.05, 4.69) is 13.2 Å². The number of hydrogen-bond donors (Lipinski definition) is 1. The largest absolute Gasteiger partial charge is 0.465 e. The molecular weight excluding hydrogens is 520 g/mol. The van der Waals surface area contributed by atoms with Crippen LogP contribution in [0, 0.1) is 11.8 Å². The standard InChI is InChI=1S/C33H46N2O6/c1-4-7-8-15-23-40-31(39)27-26-29(37)35(21-13-10-14-22-36)28(33(26)19-18-32(27,6-3)41-33)30(38)34(20-5-2)24-25-16-11-9-12-17-25/h4-5,9,11-12,16-17,26-28,36H,1-2,6-8,10,13-15,18-24H2,3H3/t26-,27-,28?,32+,33?/m0/s1. The number of esters is 1. The van der Waals surface area contributed by atoms with Gasteiger partial charge in [-0.25, -0.2) is 0 Å². The second-order valence-electron chi connectivity index (χ2n) is 11.6. The van der Waals surface area contributed by atoms with Gasteiger partial charge in [0.2, 0.25) is 11.8 Å². The summed E-state index contributed by atoms with van der Waals surface area (Å²) in [6, 6.07) is 8.92. The second-order valence-corrected chi connectivity index (χ2v) is 11.6. The fourth-order valence-electron chi connectivity index (χ4n) is 7.19. The van der Waals surface area contributed by atoms with Gasteiger partial charge in [-0.3, -0.25) is 14.4 Å². The summed E-state index contributed by atoms with van der Waals surface area (Å²) in [6.07, 6.45) is 9.71. The fourth-order valence-corrected chi connectivity index (χ4v) is 7.19. The van der Waals surface area contributed by atoms with Crippen molar-refractivity contribution in [3.8, 4) is 0 Å². The van der Waals surface area contributed by atoms with Gasteiger partial charge < -0.3 is 24.4 Å². The Kier molecular flexibility index (Phi) is 10.4. The molecule has 3 heterocycles. The minimum atomic E-state index is -1.08. The van der Waals surface area contributed by atoms with E-state index >= 15 is 0 Å². The Bertz CT molecular complexity index is 1090. The highest BCUT2D eigenvalue weighted by molar-refractivity contribution is 5.98. The van der Waals surface area contributed by atoms with Crippen molar-refractivity contribution in [3.05, 3.63) is 61.2 Å². The number of amides is 2. The molecule has 1 spiro atoms. The molecule has 3 aliphatic heterocycles. The summed E-state index contributed by atoms with van der Waals surface area (Å²) in [5, 5.41) is 9.28. The summed E-state index contributed by atoms with van der Waals surface area (Å²) < 4.78 is 12.6. The number of ether oxygens (including phenoxy) is 2. The van der Waals surface area contributed by atoms with Crippen LogP contribution in [0.3, 0.4) is 0 Å². The number of fused-ring (bicyclic) bond motifs is 1. The van der Waals surface area contributed by atoms with E-state index in [1.54, 1.807) is 15.9 Å². The molecule has 1 aromatic carbocycles. The molecule has 41 heavy (non-hydrogen) atoms. The molecule has 1 N–H and O–H groups in total. The van der Waals surface area contributed by atoms with Crippen LogP contribution in [0.4, 0.5) is 0 Å². The Labute approximate surface area is 244 Å². The second kappa shape index (κ2) is 13.8. The number of carbonyl (C=O) groups is 3. The molecule has 224 valence electrons. The van der Waals surface area contributed by atoms with Crippen molar-refractivity contribution in [1.29, 1.82) is 0 Å². The molecular formula is C33H46N2O6. The Morgan fingerprint density at radius 2 is 1.90 bits per heavy atom. The van der Waals surface area contributed by atoms with Crippen molar-refractivity contribution in [2.24, 2.45) is 11.8 Å². The lowest BCUT2D eigenvalue weighted by atomic mass is 9.65. The zero-order valence-electron chi connectivity index (χ0n) is 24.5. The fraction of sp³-hybridized carbons (Fsp3) is 0.606. The average Bonchev–Trinajstić information content (AvgIpc) is 3.58. The molecule has 3 aliphatic rings. The first-order valence-corrected chi connectivity index (χ1v) is 15.2. The van der Waals surface area contributed by atoms with Gasteiger partial charge in [0.05, 0.1) is 18.1 Å². The lowest BCUT2D eigenvalue weighted by Crippen LogP contribution is -2.56. The van der Waals surface area contributed by atoms with Crippen LogP contribution >= 0.6 is 0 Å². The molecule has 0 radical (unpaired) electrons. The summed E-state index contributed by atoms with van der Waals surface area (Å²) in [6.45, 7) is 11.0. The van der Waals surface area contributed by atoms with Gasteiger partial charge in [0.25, 0.3) is 0 Å². The van der Waals surface area contributed by atoms with E-state index in [4.69, 9.17) is 9.47 Å². The third-order valence-electron chi connectivity index (χ3n) is 9.15. The first kappa shape index (κ1) is 31.0. The average molecular weight is 567 g/mol. The van der Waals surface area contributed by atoms with E-state index in [1.807, 2.05) is 43.3 Å². The number of likely N-dealkylation sites (tertiary alicyclic amines) is 1. The molecule has 3 saturated heterocycles. The van der Waals surface area contributed by atoms with Gasteiger partial charge in [-0.15, -0.1) is 13.2 Å². The molecule has 3 fully saturated rings. The minimum Gasteiger partial charge on any atom is -0.465 e. The number of aliphatic hydroxyl groups is 1.